The van der Waals surface area contributed by atoms with E-state index in [-0.39, 0.29) is 6.04 Å². The molecule has 8 heteroatoms. The highest BCUT2D eigenvalue weighted by molar-refractivity contribution is 6.30. The van der Waals surface area contributed by atoms with Gasteiger partial charge in [-0.25, -0.2) is 4.68 Å². The van der Waals surface area contributed by atoms with E-state index in [0.29, 0.717) is 12.5 Å². The normalized spacial score (nSPS) is 16.5. The van der Waals surface area contributed by atoms with Gasteiger partial charge in [0.2, 0.25) is 0 Å². The van der Waals surface area contributed by atoms with Crippen LogP contribution in [0.15, 0.2) is 47.1 Å². The Morgan fingerprint density at radius 1 is 1.10 bits per heavy atom. The molecule has 0 spiro atoms. The van der Waals surface area contributed by atoms with Crippen molar-refractivity contribution in [3.8, 4) is 0 Å². The number of rotatable bonds is 7. The monoisotopic (exact) mass is 414 g/mol. The fourth-order valence-corrected chi connectivity index (χ4v) is 4.13. The van der Waals surface area contributed by atoms with Crippen LogP contribution in [0.4, 0.5) is 5.69 Å². The molecule has 0 aliphatic carbocycles. The van der Waals surface area contributed by atoms with Crippen LogP contribution >= 0.6 is 11.6 Å². The molecule has 154 valence electrons. The van der Waals surface area contributed by atoms with E-state index in [9.17, 15) is 0 Å². The molecular weight excluding hydrogens is 388 g/mol. The van der Waals surface area contributed by atoms with E-state index in [1.165, 1.54) is 5.69 Å². The van der Waals surface area contributed by atoms with Gasteiger partial charge >= 0.3 is 0 Å². The van der Waals surface area contributed by atoms with Gasteiger partial charge < -0.3 is 9.32 Å². The Hall–Kier alpha value is -2.38. The van der Waals surface area contributed by atoms with Gasteiger partial charge in [0, 0.05) is 36.9 Å². The summed E-state index contributed by atoms with van der Waals surface area (Å²) in [4.78, 5) is 4.89. The smallest absolute Gasteiger partial charge is 0.168 e. The number of aromatic nitrogens is 4. The first kappa shape index (κ1) is 19.9. The first-order valence-electron chi connectivity index (χ1n) is 10.1. The minimum atomic E-state index is 0.182. The standard InChI is InChI=1S/C21H27ClN6O/c1-16(2)13-20(21-23-24-25-28(21)15-19-7-4-12-29-19)27-10-8-26(9-11-27)18-6-3-5-17(22)14-18/h3-7,12,14,16,20H,8-11,13,15H2,1-2H3/t20-/m1/s1. The molecule has 0 N–H and O–H groups in total. The van der Waals surface area contributed by atoms with Crippen molar-refractivity contribution in [1.29, 1.82) is 0 Å². The average Bonchev–Trinajstić information content (AvgIpc) is 3.39. The van der Waals surface area contributed by atoms with Gasteiger partial charge in [0.05, 0.1) is 12.3 Å². The van der Waals surface area contributed by atoms with Crippen molar-refractivity contribution < 1.29 is 4.42 Å². The Labute approximate surface area is 176 Å². The summed E-state index contributed by atoms with van der Waals surface area (Å²) in [6, 6.07) is 12.1. The van der Waals surface area contributed by atoms with Crippen LogP contribution in [-0.4, -0.2) is 51.3 Å². The number of hydrogen-bond donors (Lipinski definition) is 0. The molecule has 3 heterocycles. The van der Waals surface area contributed by atoms with Gasteiger partial charge in [0.1, 0.15) is 12.3 Å². The predicted molar refractivity (Wildman–Crippen MR) is 113 cm³/mol. The summed E-state index contributed by atoms with van der Waals surface area (Å²) in [5.74, 6) is 2.30. The van der Waals surface area contributed by atoms with E-state index in [4.69, 9.17) is 16.0 Å². The first-order valence-corrected chi connectivity index (χ1v) is 10.5. The van der Waals surface area contributed by atoms with Crippen LogP contribution in [0.1, 0.15) is 37.9 Å². The lowest BCUT2D eigenvalue weighted by Crippen LogP contribution is -2.48. The molecule has 2 aromatic heterocycles. The van der Waals surface area contributed by atoms with E-state index >= 15 is 0 Å². The Kier molecular flexibility index (Phi) is 6.16. The molecule has 0 bridgehead atoms. The fraction of sp³-hybridized carbons (Fsp3) is 0.476. The van der Waals surface area contributed by atoms with Crippen LogP contribution in [0.25, 0.3) is 0 Å². The van der Waals surface area contributed by atoms with Crippen molar-refractivity contribution in [2.24, 2.45) is 5.92 Å². The van der Waals surface area contributed by atoms with Gasteiger partial charge in [0.25, 0.3) is 0 Å². The van der Waals surface area contributed by atoms with Gasteiger partial charge in [0.15, 0.2) is 5.82 Å². The minimum absolute atomic E-state index is 0.182. The highest BCUT2D eigenvalue weighted by atomic mass is 35.5. The van der Waals surface area contributed by atoms with Crippen molar-refractivity contribution in [2.75, 3.05) is 31.1 Å². The van der Waals surface area contributed by atoms with E-state index in [2.05, 4.69) is 45.2 Å². The third-order valence-corrected chi connectivity index (χ3v) is 5.60. The van der Waals surface area contributed by atoms with Crippen molar-refractivity contribution >= 4 is 17.3 Å². The fourth-order valence-electron chi connectivity index (χ4n) is 3.94. The van der Waals surface area contributed by atoms with Crippen molar-refractivity contribution in [1.82, 2.24) is 25.1 Å². The zero-order valence-electron chi connectivity index (χ0n) is 16.9. The van der Waals surface area contributed by atoms with Crippen LogP contribution in [-0.2, 0) is 6.54 Å². The quantitative estimate of drug-likeness (QED) is 0.584. The Morgan fingerprint density at radius 2 is 1.93 bits per heavy atom. The minimum Gasteiger partial charge on any atom is -0.467 e. The van der Waals surface area contributed by atoms with E-state index in [1.807, 2.05) is 35.0 Å². The third kappa shape index (κ3) is 4.79. The maximum Gasteiger partial charge on any atom is 0.168 e. The van der Waals surface area contributed by atoms with Gasteiger partial charge in [-0.1, -0.05) is 31.5 Å². The van der Waals surface area contributed by atoms with Crippen LogP contribution in [0.2, 0.25) is 5.02 Å². The molecule has 1 aliphatic heterocycles. The zero-order valence-corrected chi connectivity index (χ0v) is 17.7. The number of furan rings is 1. The SMILES string of the molecule is CC(C)C[C@H](c1nnnn1Cc1ccco1)N1CCN(c2cccc(Cl)c2)CC1. The van der Waals surface area contributed by atoms with Crippen LogP contribution in [0.5, 0.6) is 0 Å². The van der Waals surface area contributed by atoms with Crippen molar-refractivity contribution in [2.45, 2.75) is 32.9 Å². The lowest BCUT2D eigenvalue weighted by atomic mass is 10.0. The predicted octanol–water partition coefficient (Wildman–Crippen LogP) is 3.88. The van der Waals surface area contributed by atoms with E-state index in [1.54, 1.807) is 6.26 Å². The first-order chi connectivity index (χ1) is 14.1. The van der Waals surface area contributed by atoms with E-state index in [0.717, 1.165) is 49.2 Å². The zero-order chi connectivity index (χ0) is 20.2. The molecule has 1 saturated heterocycles. The highest BCUT2D eigenvalue weighted by Gasteiger charge is 2.30. The molecule has 0 amide bonds. The lowest BCUT2D eigenvalue weighted by molar-refractivity contribution is 0.153. The number of anilines is 1. The summed E-state index contributed by atoms with van der Waals surface area (Å²) in [7, 11) is 0. The van der Waals surface area contributed by atoms with Gasteiger partial charge in [-0.3, -0.25) is 4.90 Å². The molecule has 1 atom stereocenters. The second-order valence-corrected chi connectivity index (χ2v) is 8.36. The molecule has 0 saturated carbocycles. The van der Waals surface area contributed by atoms with Crippen LogP contribution in [0.3, 0.4) is 0 Å². The number of hydrogen-bond acceptors (Lipinski definition) is 6. The average molecular weight is 415 g/mol. The topological polar surface area (TPSA) is 63.2 Å². The summed E-state index contributed by atoms with van der Waals surface area (Å²) in [5.41, 5.74) is 1.18. The third-order valence-electron chi connectivity index (χ3n) is 5.37. The maximum absolute atomic E-state index is 6.17. The lowest BCUT2D eigenvalue weighted by Gasteiger charge is -2.40. The molecule has 1 aromatic carbocycles. The van der Waals surface area contributed by atoms with Gasteiger partial charge in [-0.05, 0) is 53.1 Å². The summed E-state index contributed by atoms with van der Waals surface area (Å²) >= 11 is 6.17. The number of piperazine rings is 1. The summed E-state index contributed by atoms with van der Waals surface area (Å²) in [5, 5.41) is 13.4. The molecule has 4 rings (SSSR count). The largest absolute Gasteiger partial charge is 0.467 e. The Balaban J connectivity index is 1.49. The molecule has 3 aromatic rings. The summed E-state index contributed by atoms with van der Waals surface area (Å²) in [6.45, 7) is 8.86. The van der Waals surface area contributed by atoms with Gasteiger partial charge in [-0.15, -0.1) is 5.10 Å². The van der Waals surface area contributed by atoms with Crippen LogP contribution in [0, 0.1) is 5.92 Å². The summed E-state index contributed by atoms with van der Waals surface area (Å²) in [6.07, 6.45) is 2.69. The van der Waals surface area contributed by atoms with Crippen LogP contribution < -0.4 is 4.90 Å². The second kappa shape index (κ2) is 8.97. The molecule has 1 aliphatic rings. The number of halogens is 1. The number of tetrazole rings is 1. The van der Waals surface area contributed by atoms with Crippen molar-refractivity contribution in [3.05, 3.63) is 59.3 Å². The molecule has 0 radical (unpaired) electrons. The molecule has 7 nitrogen and oxygen atoms in total. The maximum atomic E-state index is 6.17. The molecular formula is C21H27ClN6O. The number of nitrogens with zero attached hydrogens (tertiary/aromatic N) is 6. The van der Waals surface area contributed by atoms with Crippen molar-refractivity contribution in [3.63, 3.8) is 0 Å². The second-order valence-electron chi connectivity index (χ2n) is 7.92. The molecule has 29 heavy (non-hydrogen) atoms. The summed E-state index contributed by atoms with van der Waals surface area (Å²) < 4.78 is 7.36. The van der Waals surface area contributed by atoms with Gasteiger partial charge in [-0.2, -0.15) is 0 Å². The number of benzene rings is 1. The molecule has 1 fully saturated rings. The molecule has 0 unspecified atom stereocenters. The highest BCUT2D eigenvalue weighted by Crippen LogP contribution is 2.29. The Morgan fingerprint density at radius 3 is 2.62 bits per heavy atom. The Bertz CT molecular complexity index is 902. The van der Waals surface area contributed by atoms with E-state index < -0.39 is 0 Å².